The molecule has 1 atom stereocenters. The maximum Gasteiger partial charge on any atom is 0.150 e. The highest BCUT2D eigenvalue weighted by Gasteiger charge is 2.23. The number of hydrogen-bond acceptors (Lipinski definition) is 4. The molecule has 1 aliphatic heterocycles. The first-order chi connectivity index (χ1) is 13.5. The number of ether oxygens (including phenoxy) is 3. The summed E-state index contributed by atoms with van der Waals surface area (Å²) in [5.74, 6) is 1.02. The minimum absolute atomic E-state index is 0.0548. The van der Waals surface area contributed by atoms with Crippen LogP contribution in [-0.2, 0) is 4.74 Å². The van der Waals surface area contributed by atoms with Crippen LogP contribution in [0.5, 0.6) is 11.5 Å². The Kier molecular flexibility index (Phi) is 5.92. The molecule has 1 saturated heterocycles. The number of fused-ring (bicyclic) bond motifs is 1. The van der Waals surface area contributed by atoms with E-state index >= 15 is 0 Å². The van der Waals surface area contributed by atoms with Crippen LogP contribution in [0, 0.1) is 3.70 Å². The van der Waals surface area contributed by atoms with Gasteiger partial charge in [0.15, 0.2) is 6.23 Å². The Morgan fingerprint density at radius 2 is 1.82 bits per heavy atom. The van der Waals surface area contributed by atoms with E-state index in [0.717, 1.165) is 46.0 Å². The van der Waals surface area contributed by atoms with Crippen LogP contribution in [0.4, 0.5) is 0 Å². The second-order valence-electron chi connectivity index (χ2n) is 6.57. The van der Waals surface area contributed by atoms with Gasteiger partial charge in [-0.15, -0.1) is 0 Å². The van der Waals surface area contributed by atoms with Crippen LogP contribution < -0.4 is 9.47 Å². The lowest BCUT2D eigenvalue weighted by Crippen LogP contribution is -2.19. The first-order valence-corrected chi connectivity index (χ1v) is 10.8. The van der Waals surface area contributed by atoms with E-state index in [2.05, 4.69) is 28.7 Å². The van der Waals surface area contributed by atoms with Gasteiger partial charge in [-0.05, 0) is 59.5 Å². The van der Waals surface area contributed by atoms with Crippen molar-refractivity contribution < 1.29 is 14.2 Å². The first kappa shape index (κ1) is 20.1. The summed E-state index contributed by atoms with van der Waals surface area (Å²) < 4.78 is 19.7. The number of nitrogens with zero attached hydrogens (tertiary/aromatic N) is 2. The van der Waals surface area contributed by atoms with Crippen molar-refractivity contribution >= 4 is 56.7 Å². The van der Waals surface area contributed by atoms with Gasteiger partial charge in [0, 0.05) is 23.6 Å². The fourth-order valence-corrected chi connectivity index (χ4v) is 4.94. The molecule has 0 spiro atoms. The lowest BCUT2D eigenvalue weighted by molar-refractivity contribution is -0.0368. The molecule has 2 heterocycles. The Morgan fingerprint density at radius 1 is 1.11 bits per heavy atom. The highest BCUT2D eigenvalue weighted by atomic mass is 127. The molecular formula is C20H19Cl2IN2O3. The van der Waals surface area contributed by atoms with E-state index in [1.807, 2.05) is 16.8 Å². The molecule has 2 aromatic carbocycles. The van der Waals surface area contributed by atoms with Crippen LogP contribution in [0.25, 0.3) is 22.0 Å². The molecule has 1 aliphatic rings. The summed E-state index contributed by atoms with van der Waals surface area (Å²) in [5, 5.41) is 6.69. The first-order valence-electron chi connectivity index (χ1n) is 8.95. The molecule has 0 amide bonds. The maximum atomic E-state index is 6.61. The van der Waals surface area contributed by atoms with Crippen LogP contribution in [-0.4, -0.2) is 30.6 Å². The van der Waals surface area contributed by atoms with E-state index in [1.54, 1.807) is 20.3 Å². The van der Waals surface area contributed by atoms with Crippen LogP contribution in [0.15, 0.2) is 24.3 Å². The number of aromatic nitrogens is 2. The average molecular weight is 533 g/mol. The Balaban J connectivity index is 1.91. The zero-order valence-corrected chi connectivity index (χ0v) is 19.1. The van der Waals surface area contributed by atoms with Gasteiger partial charge >= 0.3 is 0 Å². The molecule has 4 rings (SSSR count). The fraction of sp³-hybridized carbons (Fsp3) is 0.350. The molecule has 0 aliphatic carbocycles. The van der Waals surface area contributed by atoms with Crippen LogP contribution in [0.2, 0.25) is 10.0 Å². The molecule has 28 heavy (non-hydrogen) atoms. The summed E-state index contributed by atoms with van der Waals surface area (Å²) in [6.45, 7) is 0.757. The molecule has 1 fully saturated rings. The van der Waals surface area contributed by atoms with Gasteiger partial charge in [0.2, 0.25) is 0 Å². The minimum atomic E-state index is -0.0548. The van der Waals surface area contributed by atoms with Gasteiger partial charge in [0.05, 0.1) is 29.8 Å². The zero-order valence-electron chi connectivity index (χ0n) is 15.5. The molecule has 0 bridgehead atoms. The predicted molar refractivity (Wildman–Crippen MR) is 120 cm³/mol. The van der Waals surface area contributed by atoms with Gasteiger partial charge in [-0.1, -0.05) is 29.3 Å². The second kappa shape index (κ2) is 8.26. The van der Waals surface area contributed by atoms with E-state index in [4.69, 9.17) is 42.5 Å². The number of rotatable bonds is 4. The zero-order chi connectivity index (χ0) is 19.8. The van der Waals surface area contributed by atoms with Gasteiger partial charge in [-0.2, -0.15) is 5.10 Å². The summed E-state index contributed by atoms with van der Waals surface area (Å²) in [7, 11) is 3.14. The van der Waals surface area contributed by atoms with Crippen molar-refractivity contribution in [3.63, 3.8) is 0 Å². The topological polar surface area (TPSA) is 45.5 Å². The molecular weight excluding hydrogens is 514 g/mol. The van der Waals surface area contributed by atoms with Crippen LogP contribution in [0.1, 0.15) is 25.5 Å². The molecule has 0 radical (unpaired) electrons. The Hall–Kier alpha value is -1.22. The van der Waals surface area contributed by atoms with Crippen molar-refractivity contribution in [3.05, 3.63) is 38.0 Å². The average Bonchev–Trinajstić information content (AvgIpc) is 3.05. The maximum absolute atomic E-state index is 6.61. The normalized spacial score (nSPS) is 17.1. The van der Waals surface area contributed by atoms with Crippen molar-refractivity contribution in [3.8, 4) is 22.6 Å². The number of methoxy groups -OCH3 is 2. The molecule has 0 saturated carbocycles. The van der Waals surface area contributed by atoms with E-state index in [1.165, 1.54) is 0 Å². The summed E-state index contributed by atoms with van der Waals surface area (Å²) in [6.07, 6.45) is 3.12. The Morgan fingerprint density at radius 3 is 2.43 bits per heavy atom. The van der Waals surface area contributed by atoms with Gasteiger partial charge in [0.1, 0.15) is 15.2 Å². The highest BCUT2D eigenvalue weighted by molar-refractivity contribution is 14.1. The van der Waals surface area contributed by atoms with Crippen molar-refractivity contribution in [1.82, 2.24) is 9.78 Å². The fourth-order valence-electron chi connectivity index (χ4n) is 3.53. The van der Waals surface area contributed by atoms with Gasteiger partial charge in [-0.25, -0.2) is 4.68 Å². The van der Waals surface area contributed by atoms with Gasteiger partial charge in [0.25, 0.3) is 0 Å². The largest absolute Gasteiger partial charge is 0.495 e. The molecule has 8 heteroatoms. The summed E-state index contributed by atoms with van der Waals surface area (Å²) in [6, 6.07) is 7.77. The minimum Gasteiger partial charge on any atom is -0.495 e. The quantitative estimate of drug-likeness (QED) is 0.368. The lowest BCUT2D eigenvalue weighted by atomic mass is 10.0. The third kappa shape index (κ3) is 3.44. The Labute approximate surface area is 187 Å². The molecule has 1 aromatic heterocycles. The van der Waals surface area contributed by atoms with E-state index < -0.39 is 0 Å². The molecule has 1 unspecified atom stereocenters. The van der Waals surface area contributed by atoms with Crippen molar-refractivity contribution in [1.29, 1.82) is 0 Å². The second-order valence-corrected chi connectivity index (χ2v) is 8.35. The molecule has 148 valence electrons. The molecule has 0 N–H and O–H groups in total. The monoisotopic (exact) mass is 532 g/mol. The third-order valence-electron chi connectivity index (χ3n) is 4.95. The highest BCUT2D eigenvalue weighted by Crippen LogP contribution is 2.46. The van der Waals surface area contributed by atoms with E-state index in [0.29, 0.717) is 27.1 Å². The van der Waals surface area contributed by atoms with E-state index in [9.17, 15) is 0 Å². The predicted octanol–water partition coefficient (Wildman–Crippen LogP) is 6.33. The van der Waals surface area contributed by atoms with Crippen molar-refractivity contribution in [2.45, 2.75) is 25.5 Å². The van der Waals surface area contributed by atoms with Gasteiger partial charge < -0.3 is 14.2 Å². The van der Waals surface area contributed by atoms with Crippen molar-refractivity contribution in [2.24, 2.45) is 0 Å². The smallest absolute Gasteiger partial charge is 0.150 e. The van der Waals surface area contributed by atoms with Crippen LogP contribution in [0.3, 0.4) is 0 Å². The summed E-state index contributed by atoms with van der Waals surface area (Å²) in [5.41, 5.74) is 2.53. The van der Waals surface area contributed by atoms with Gasteiger partial charge in [-0.3, -0.25) is 0 Å². The third-order valence-corrected chi connectivity index (χ3v) is 6.50. The van der Waals surface area contributed by atoms with E-state index in [-0.39, 0.29) is 6.23 Å². The standard InChI is InChI=1S/C20H19Cl2IN2O3/c1-26-14-10-15(27-2)19(22)17(18(14)21)11-6-7-12-13(9-11)25(24-20(12)23)16-5-3-4-8-28-16/h6-7,9-10,16H,3-5,8H2,1-2H3. The van der Waals surface area contributed by atoms with Crippen LogP contribution >= 0.6 is 45.8 Å². The Bertz CT molecular complexity index is 1000. The summed E-state index contributed by atoms with van der Waals surface area (Å²) >= 11 is 15.5. The van der Waals surface area contributed by atoms with Crippen molar-refractivity contribution in [2.75, 3.05) is 20.8 Å². The lowest BCUT2D eigenvalue weighted by Gasteiger charge is -2.23. The molecule has 3 aromatic rings. The summed E-state index contributed by atoms with van der Waals surface area (Å²) in [4.78, 5) is 0. The number of halogens is 3. The number of benzene rings is 2. The SMILES string of the molecule is COc1cc(OC)c(Cl)c(-c2ccc3c(I)nn(C4CCCCO4)c3c2)c1Cl. The number of hydrogen-bond donors (Lipinski definition) is 0. The molecule has 5 nitrogen and oxygen atoms in total.